The van der Waals surface area contributed by atoms with E-state index in [1.54, 1.807) is 0 Å². The molecule has 1 unspecified atom stereocenters. The predicted octanol–water partition coefficient (Wildman–Crippen LogP) is 2.34. The summed E-state index contributed by atoms with van der Waals surface area (Å²) in [5.41, 5.74) is 2.49. The zero-order valence-electron chi connectivity index (χ0n) is 9.17. The van der Waals surface area contributed by atoms with Crippen molar-refractivity contribution in [2.45, 2.75) is 39.5 Å². The van der Waals surface area contributed by atoms with Crippen LogP contribution < -0.4 is 0 Å². The first-order chi connectivity index (χ1) is 7.13. The monoisotopic (exact) mass is 208 g/mol. The molecule has 3 nitrogen and oxygen atoms in total. The summed E-state index contributed by atoms with van der Waals surface area (Å²) < 4.78 is 5.70. The quantitative estimate of drug-likeness (QED) is 0.811. The zero-order valence-corrected chi connectivity index (χ0v) is 9.17. The molecule has 2 rings (SSSR count). The lowest BCUT2D eigenvalue weighted by Crippen LogP contribution is -2.21. The summed E-state index contributed by atoms with van der Waals surface area (Å²) >= 11 is 0. The summed E-state index contributed by atoms with van der Waals surface area (Å²) in [5, 5.41) is 8.96. The third-order valence-corrected chi connectivity index (χ3v) is 3.30. The van der Waals surface area contributed by atoms with Gasteiger partial charge in [-0.15, -0.1) is 0 Å². The maximum atomic E-state index is 10.9. The van der Waals surface area contributed by atoms with E-state index in [1.165, 1.54) is 11.1 Å². The van der Waals surface area contributed by atoms with Gasteiger partial charge in [-0.2, -0.15) is 0 Å². The topological polar surface area (TPSA) is 50.4 Å². The van der Waals surface area contributed by atoms with Crippen LogP contribution in [0.2, 0.25) is 0 Å². The van der Waals surface area contributed by atoms with Crippen molar-refractivity contribution >= 4 is 5.97 Å². The normalized spacial score (nSPS) is 20.0. The van der Waals surface area contributed by atoms with Crippen LogP contribution in [-0.2, 0) is 24.1 Å². The summed E-state index contributed by atoms with van der Waals surface area (Å²) in [6.07, 6.45) is 3.04. The molecule has 0 saturated heterocycles. The third kappa shape index (κ3) is 1.66. The van der Waals surface area contributed by atoms with Crippen molar-refractivity contribution < 1.29 is 14.3 Å². The molecule has 0 bridgehead atoms. The Morgan fingerprint density at radius 1 is 1.60 bits per heavy atom. The van der Waals surface area contributed by atoms with E-state index in [0.29, 0.717) is 6.42 Å². The largest absolute Gasteiger partial charge is 0.481 e. The summed E-state index contributed by atoms with van der Waals surface area (Å²) in [6, 6.07) is 0. The van der Waals surface area contributed by atoms with Gasteiger partial charge in [0.2, 0.25) is 0 Å². The van der Waals surface area contributed by atoms with E-state index in [-0.39, 0.29) is 5.92 Å². The van der Waals surface area contributed by atoms with Gasteiger partial charge >= 0.3 is 5.97 Å². The highest BCUT2D eigenvalue weighted by Crippen LogP contribution is 2.32. The van der Waals surface area contributed by atoms with Crippen LogP contribution in [0.15, 0.2) is 4.42 Å². The number of hydrogen-bond acceptors (Lipinski definition) is 2. The molecular weight excluding hydrogens is 192 g/mol. The van der Waals surface area contributed by atoms with Gasteiger partial charge in [0.05, 0.1) is 5.92 Å². The fraction of sp³-hybridized carbons (Fsp3) is 0.583. The lowest BCUT2D eigenvalue weighted by atomic mass is 9.87. The summed E-state index contributed by atoms with van der Waals surface area (Å²) in [5.74, 6) is 0.967. The minimum atomic E-state index is -0.701. The van der Waals surface area contributed by atoms with Gasteiger partial charge < -0.3 is 9.52 Å². The first-order valence-electron chi connectivity index (χ1n) is 5.46. The third-order valence-electron chi connectivity index (χ3n) is 3.30. The fourth-order valence-electron chi connectivity index (χ4n) is 2.35. The number of rotatable bonds is 2. The molecular formula is C12H16O3. The van der Waals surface area contributed by atoms with Crippen molar-refractivity contribution in [3.05, 3.63) is 22.6 Å². The number of carbonyl (C=O) groups is 1. The van der Waals surface area contributed by atoms with Crippen LogP contribution in [0, 0.1) is 12.8 Å². The van der Waals surface area contributed by atoms with Gasteiger partial charge in [-0.05, 0) is 30.9 Å². The van der Waals surface area contributed by atoms with Crippen LogP contribution >= 0.6 is 0 Å². The lowest BCUT2D eigenvalue weighted by Gasteiger charge is -2.17. The molecule has 0 saturated carbocycles. The summed E-state index contributed by atoms with van der Waals surface area (Å²) in [7, 11) is 0. The number of aliphatic carboxylic acids is 1. The van der Waals surface area contributed by atoms with E-state index in [1.807, 2.05) is 0 Å². The molecule has 1 aromatic rings. The van der Waals surface area contributed by atoms with Gasteiger partial charge in [0.25, 0.3) is 0 Å². The second kappa shape index (κ2) is 3.72. The van der Waals surface area contributed by atoms with Crippen LogP contribution in [0.4, 0.5) is 0 Å². The van der Waals surface area contributed by atoms with Crippen LogP contribution in [0.3, 0.4) is 0 Å². The highest BCUT2D eigenvalue weighted by Gasteiger charge is 2.28. The molecule has 3 heteroatoms. The van der Waals surface area contributed by atoms with Crippen molar-refractivity contribution in [3.8, 4) is 0 Å². The lowest BCUT2D eigenvalue weighted by molar-refractivity contribution is -0.142. The Morgan fingerprint density at radius 3 is 2.93 bits per heavy atom. The average molecular weight is 208 g/mol. The van der Waals surface area contributed by atoms with E-state index in [2.05, 4.69) is 13.8 Å². The van der Waals surface area contributed by atoms with Gasteiger partial charge in [0.1, 0.15) is 11.5 Å². The van der Waals surface area contributed by atoms with Crippen LogP contribution in [0.5, 0.6) is 0 Å². The van der Waals surface area contributed by atoms with Gasteiger partial charge in [-0.1, -0.05) is 6.92 Å². The fourth-order valence-corrected chi connectivity index (χ4v) is 2.35. The number of fused-ring (bicyclic) bond motifs is 1. The summed E-state index contributed by atoms with van der Waals surface area (Å²) in [6.45, 7) is 4.13. The van der Waals surface area contributed by atoms with Crippen LogP contribution in [0.25, 0.3) is 0 Å². The molecule has 1 aliphatic rings. The maximum absolute atomic E-state index is 10.9. The first-order valence-corrected chi connectivity index (χ1v) is 5.46. The molecule has 0 fully saturated rings. The molecule has 1 atom stereocenters. The minimum Gasteiger partial charge on any atom is -0.481 e. The van der Waals surface area contributed by atoms with Crippen molar-refractivity contribution in [1.82, 2.24) is 0 Å². The molecule has 0 spiro atoms. The molecule has 0 amide bonds. The molecule has 15 heavy (non-hydrogen) atoms. The molecule has 1 aliphatic carbocycles. The second-order valence-electron chi connectivity index (χ2n) is 4.18. The molecule has 1 aromatic heterocycles. The Kier molecular flexibility index (Phi) is 2.55. The van der Waals surface area contributed by atoms with Gasteiger partial charge in [-0.3, -0.25) is 4.79 Å². The Labute approximate surface area is 89.1 Å². The molecule has 0 radical (unpaired) electrons. The van der Waals surface area contributed by atoms with Crippen LogP contribution in [-0.4, -0.2) is 11.1 Å². The van der Waals surface area contributed by atoms with Crippen molar-refractivity contribution in [3.63, 3.8) is 0 Å². The highest BCUT2D eigenvalue weighted by molar-refractivity contribution is 5.70. The first kappa shape index (κ1) is 10.3. The Hall–Kier alpha value is -1.25. The Bertz CT molecular complexity index is 390. The van der Waals surface area contributed by atoms with Crippen LogP contribution in [0.1, 0.15) is 36.0 Å². The smallest absolute Gasteiger partial charge is 0.306 e. The Balaban J connectivity index is 2.31. The van der Waals surface area contributed by atoms with E-state index < -0.39 is 5.97 Å². The standard InChI is InChI=1S/C12H16O3/c1-3-10-7(2)9-5-4-8(12(13)14)6-11(9)15-10/h8H,3-6H2,1-2H3,(H,13,14). The Morgan fingerprint density at radius 2 is 2.33 bits per heavy atom. The second-order valence-corrected chi connectivity index (χ2v) is 4.18. The SMILES string of the molecule is CCc1oc2c(c1C)CCC(C(=O)O)C2. The van der Waals surface area contributed by atoms with Crippen molar-refractivity contribution in [2.24, 2.45) is 5.92 Å². The van der Waals surface area contributed by atoms with Crippen molar-refractivity contribution in [1.29, 1.82) is 0 Å². The number of hydrogen-bond donors (Lipinski definition) is 1. The molecule has 1 N–H and O–H groups in total. The average Bonchev–Trinajstić information content (AvgIpc) is 2.55. The number of aryl methyl sites for hydroxylation is 1. The number of carboxylic acids is 1. The maximum Gasteiger partial charge on any atom is 0.306 e. The highest BCUT2D eigenvalue weighted by atomic mass is 16.4. The number of furan rings is 1. The van der Waals surface area contributed by atoms with Crippen molar-refractivity contribution in [2.75, 3.05) is 0 Å². The zero-order chi connectivity index (χ0) is 11.0. The predicted molar refractivity (Wildman–Crippen MR) is 56.0 cm³/mol. The van der Waals surface area contributed by atoms with E-state index >= 15 is 0 Å². The molecule has 0 aromatic carbocycles. The number of carboxylic acid groups (broad SMARTS) is 1. The van der Waals surface area contributed by atoms with Gasteiger partial charge in [-0.25, -0.2) is 0 Å². The molecule has 1 heterocycles. The molecule has 82 valence electrons. The van der Waals surface area contributed by atoms with E-state index in [4.69, 9.17) is 9.52 Å². The minimum absolute atomic E-state index is 0.257. The van der Waals surface area contributed by atoms with E-state index in [0.717, 1.165) is 30.8 Å². The van der Waals surface area contributed by atoms with Gasteiger partial charge in [0, 0.05) is 12.8 Å². The molecule has 0 aliphatic heterocycles. The van der Waals surface area contributed by atoms with Gasteiger partial charge in [0.15, 0.2) is 0 Å². The van der Waals surface area contributed by atoms with E-state index in [9.17, 15) is 4.79 Å². The summed E-state index contributed by atoms with van der Waals surface area (Å²) in [4.78, 5) is 10.9.